The molecule has 0 fully saturated rings. The molecule has 0 spiro atoms. The van der Waals surface area contributed by atoms with Crippen molar-refractivity contribution in [2.75, 3.05) is 25.3 Å². The quantitative estimate of drug-likeness (QED) is 0.931. The number of ether oxygens (including phenoxy) is 2. The molecule has 3 rings (SSSR count). The highest BCUT2D eigenvalue weighted by Crippen LogP contribution is 2.30. The van der Waals surface area contributed by atoms with Gasteiger partial charge in [-0.05, 0) is 30.2 Å². The van der Waals surface area contributed by atoms with Crippen molar-refractivity contribution in [1.82, 2.24) is 0 Å². The summed E-state index contributed by atoms with van der Waals surface area (Å²) in [5, 5.41) is 3.29. The van der Waals surface area contributed by atoms with Gasteiger partial charge >= 0.3 is 0 Å². The third-order valence-corrected chi connectivity index (χ3v) is 4.98. The lowest BCUT2D eigenvalue weighted by Crippen LogP contribution is -2.33. The van der Waals surface area contributed by atoms with Crippen molar-refractivity contribution in [2.24, 2.45) is 0 Å². The molecule has 0 amide bonds. The van der Waals surface area contributed by atoms with Gasteiger partial charge in [-0.25, -0.2) is 8.42 Å². The Hall–Kier alpha value is -2.21. The molecular weight excluding hydrogens is 314 g/mol. The fourth-order valence-electron chi connectivity index (χ4n) is 2.70. The fourth-order valence-corrected chi connectivity index (χ4v) is 3.55. The van der Waals surface area contributed by atoms with Crippen LogP contribution in [0.3, 0.4) is 0 Å². The van der Waals surface area contributed by atoms with Gasteiger partial charge in [0.25, 0.3) is 0 Å². The van der Waals surface area contributed by atoms with Crippen LogP contribution >= 0.6 is 0 Å². The average Bonchev–Trinajstić information content (AvgIpc) is 2.54. The lowest BCUT2D eigenvalue weighted by molar-refractivity contribution is 0.270. The van der Waals surface area contributed by atoms with Gasteiger partial charge in [0.1, 0.15) is 18.1 Å². The maximum atomic E-state index is 11.9. The summed E-state index contributed by atoms with van der Waals surface area (Å²) in [6.07, 6.45) is 1.98. The fraction of sp³-hybridized carbons (Fsp3) is 0.294. The highest BCUT2D eigenvalue weighted by Gasteiger charge is 2.22. The highest BCUT2D eigenvalue weighted by atomic mass is 32.2. The van der Waals surface area contributed by atoms with Gasteiger partial charge in [-0.1, -0.05) is 18.2 Å². The van der Waals surface area contributed by atoms with Crippen LogP contribution in [0.1, 0.15) is 5.56 Å². The van der Waals surface area contributed by atoms with Crippen LogP contribution in [0, 0.1) is 0 Å². The number of hydrogen-bond donors (Lipinski definition) is 1. The normalized spacial score (nSPS) is 17.0. The Morgan fingerprint density at radius 1 is 1.22 bits per heavy atom. The number of benzene rings is 2. The third kappa shape index (κ3) is 3.42. The molecule has 0 aromatic heterocycles. The van der Waals surface area contributed by atoms with E-state index < -0.39 is 9.84 Å². The molecule has 0 bridgehead atoms. The molecule has 2 aromatic carbocycles. The van der Waals surface area contributed by atoms with Gasteiger partial charge in [-0.3, -0.25) is 0 Å². The molecular formula is C17H19NO4S. The predicted octanol–water partition coefficient (Wildman–Crippen LogP) is 2.51. The van der Waals surface area contributed by atoms with Crippen molar-refractivity contribution < 1.29 is 17.9 Å². The number of nitrogens with one attached hydrogen (secondary N) is 1. The van der Waals surface area contributed by atoms with Crippen LogP contribution in [0.25, 0.3) is 0 Å². The lowest BCUT2D eigenvalue weighted by Gasteiger charge is -2.27. The lowest BCUT2D eigenvalue weighted by atomic mass is 10.0. The zero-order valence-electron chi connectivity index (χ0n) is 13.1. The predicted molar refractivity (Wildman–Crippen MR) is 89.2 cm³/mol. The van der Waals surface area contributed by atoms with Gasteiger partial charge < -0.3 is 14.8 Å². The van der Waals surface area contributed by atoms with E-state index in [9.17, 15) is 8.42 Å². The second-order valence-corrected chi connectivity index (χ2v) is 7.58. The number of rotatable bonds is 4. The number of sulfone groups is 1. The summed E-state index contributed by atoms with van der Waals surface area (Å²) in [7, 11) is -1.65. The second-order valence-electron chi connectivity index (χ2n) is 5.60. The average molecular weight is 333 g/mol. The topological polar surface area (TPSA) is 64.6 Å². The Morgan fingerprint density at radius 3 is 2.74 bits per heavy atom. The van der Waals surface area contributed by atoms with Crippen LogP contribution in [0.15, 0.2) is 47.4 Å². The van der Waals surface area contributed by atoms with Gasteiger partial charge in [0.15, 0.2) is 9.84 Å². The summed E-state index contributed by atoms with van der Waals surface area (Å²) in [5.74, 6) is 1.58. The molecule has 0 aliphatic carbocycles. The Bertz CT molecular complexity index is 817. The SMILES string of the molecule is COc1ccc2c(c1)OC[C@H](Nc1ccccc1S(C)(=O)=O)C2. The van der Waals surface area contributed by atoms with E-state index in [0.717, 1.165) is 23.5 Å². The first-order chi connectivity index (χ1) is 11.0. The Kier molecular flexibility index (Phi) is 4.17. The number of methoxy groups -OCH3 is 1. The molecule has 1 N–H and O–H groups in total. The van der Waals surface area contributed by atoms with Crippen LogP contribution in [0.4, 0.5) is 5.69 Å². The van der Waals surface area contributed by atoms with E-state index in [1.807, 2.05) is 24.3 Å². The number of hydrogen-bond acceptors (Lipinski definition) is 5. The summed E-state index contributed by atoms with van der Waals surface area (Å²) < 4.78 is 34.7. The van der Waals surface area contributed by atoms with Gasteiger partial charge in [-0.15, -0.1) is 0 Å². The first kappa shape index (κ1) is 15.7. The zero-order valence-corrected chi connectivity index (χ0v) is 13.9. The van der Waals surface area contributed by atoms with Crippen molar-refractivity contribution >= 4 is 15.5 Å². The molecule has 1 heterocycles. The smallest absolute Gasteiger partial charge is 0.177 e. The van der Waals surface area contributed by atoms with E-state index in [1.54, 1.807) is 25.3 Å². The van der Waals surface area contributed by atoms with Gasteiger partial charge in [-0.2, -0.15) is 0 Å². The van der Waals surface area contributed by atoms with Crippen molar-refractivity contribution in [1.29, 1.82) is 0 Å². The summed E-state index contributed by atoms with van der Waals surface area (Å²) in [4.78, 5) is 0.306. The minimum atomic E-state index is -3.27. The van der Waals surface area contributed by atoms with Gasteiger partial charge in [0.2, 0.25) is 0 Å². The molecule has 23 heavy (non-hydrogen) atoms. The van der Waals surface area contributed by atoms with E-state index in [-0.39, 0.29) is 6.04 Å². The molecule has 0 saturated carbocycles. The Morgan fingerprint density at radius 2 is 2.00 bits per heavy atom. The van der Waals surface area contributed by atoms with Crippen molar-refractivity contribution in [3.8, 4) is 11.5 Å². The van der Waals surface area contributed by atoms with Crippen LogP contribution in [-0.4, -0.2) is 34.4 Å². The zero-order chi connectivity index (χ0) is 16.4. The first-order valence-electron chi connectivity index (χ1n) is 7.32. The van der Waals surface area contributed by atoms with Gasteiger partial charge in [0, 0.05) is 12.3 Å². The molecule has 1 aliphatic heterocycles. The molecule has 1 atom stereocenters. The van der Waals surface area contributed by atoms with E-state index in [1.165, 1.54) is 6.26 Å². The highest BCUT2D eigenvalue weighted by molar-refractivity contribution is 7.90. The summed E-state index contributed by atoms with van der Waals surface area (Å²) in [6.45, 7) is 0.470. The third-order valence-electron chi connectivity index (χ3n) is 3.83. The van der Waals surface area contributed by atoms with Crippen molar-refractivity contribution in [3.05, 3.63) is 48.0 Å². The van der Waals surface area contributed by atoms with Gasteiger partial charge in [0.05, 0.1) is 23.7 Å². The van der Waals surface area contributed by atoms with E-state index in [0.29, 0.717) is 17.2 Å². The minimum Gasteiger partial charge on any atom is -0.497 e. The number of para-hydroxylation sites is 1. The summed E-state index contributed by atoms with van der Waals surface area (Å²) >= 11 is 0. The maximum absolute atomic E-state index is 11.9. The van der Waals surface area contributed by atoms with Crippen LogP contribution in [0.2, 0.25) is 0 Å². The van der Waals surface area contributed by atoms with Crippen molar-refractivity contribution in [2.45, 2.75) is 17.4 Å². The standard InChI is InChI=1S/C17H19NO4S/c1-21-14-8-7-12-9-13(11-22-16(12)10-14)18-15-5-3-4-6-17(15)23(2,19)20/h3-8,10,13,18H,9,11H2,1-2H3/t13-/m1/s1. The molecule has 0 unspecified atom stereocenters. The summed E-state index contributed by atoms with van der Waals surface area (Å²) in [5.41, 5.74) is 1.69. The van der Waals surface area contributed by atoms with Crippen LogP contribution < -0.4 is 14.8 Å². The second kappa shape index (κ2) is 6.12. The van der Waals surface area contributed by atoms with Crippen LogP contribution in [0.5, 0.6) is 11.5 Å². The monoisotopic (exact) mass is 333 g/mol. The molecule has 122 valence electrons. The number of anilines is 1. The Balaban J connectivity index is 1.81. The first-order valence-corrected chi connectivity index (χ1v) is 9.22. The number of fused-ring (bicyclic) bond motifs is 1. The van der Waals surface area contributed by atoms with Crippen molar-refractivity contribution in [3.63, 3.8) is 0 Å². The Labute approximate surface area is 136 Å². The molecule has 2 aromatic rings. The largest absolute Gasteiger partial charge is 0.497 e. The maximum Gasteiger partial charge on any atom is 0.177 e. The van der Waals surface area contributed by atoms with E-state index in [4.69, 9.17) is 9.47 Å². The molecule has 1 aliphatic rings. The molecule has 6 heteroatoms. The van der Waals surface area contributed by atoms with E-state index in [2.05, 4.69) is 5.32 Å². The molecule has 0 radical (unpaired) electrons. The van der Waals surface area contributed by atoms with E-state index >= 15 is 0 Å². The molecule has 5 nitrogen and oxygen atoms in total. The van der Waals surface area contributed by atoms with Crippen LogP contribution in [-0.2, 0) is 16.3 Å². The summed E-state index contributed by atoms with van der Waals surface area (Å²) in [6, 6.07) is 12.7. The molecule has 0 saturated heterocycles. The minimum absolute atomic E-state index is 0.0128.